The summed E-state index contributed by atoms with van der Waals surface area (Å²) >= 11 is 8.72. The fourth-order valence-electron chi connectivity index (χ4n) is 0.490. The third kappa shape index (κ3) is 1.47. The minimum absolute atomic E-state index is 0.248. The van der Waals surface area contributed by atoms with Gasteiger partial charge in [0.05, 0.1) is 6.57 Å². The number of aromatic nitrogens is 1. The summed E-state index contributed by atoms with van der Waals surface area (Å²) in [6, 6.07) is 1.63. The SMILES string of the molecule is [C-]#[N+]c1cc(Br)cnc1Cl. The summed E-state index contributed by atoms with van der Waals surface area (Å²) < 4.78 is 0.767. The molecular formula is C6H2BrClN2. The molecule has 0 bridgehead atoms. The Morgan fingerprint density at radius 2 is 2.40 bits per heavy atom. The van der Waals surface area contributed by atoms with Gasteiger partial charge in [-0.1, -0.05) is 27.5 Å². The maximum absolute atomic E-state index is 6.66. The second-order valence-electron chi connectivity index (χ2n) is 1.58. The highest BCUT2D eigenvalue weighted by Crippen LogP contribution is 2.25. The van der Waals surface area contributed by atoms with Crippen molar-refractivity contribution in [2.75, 3.05) is 0 Å². The summed E-state index contributed by atoms with van der Waals surface area (Å²) in [7, 11) is 0. The van der Waals surface area contributed by atoms with Gasteiger partial charge in [0.1, 0.15) is 5.15 Å². The Bertz CT molecular complexity index is 292. The lowest BCUT2D eigenvalue weighted by Gasteiger charge is -1.92. The molecule has 10 heavy (non-hydrogen) atoms. The van der Waals surface area contributed by atoms with Gasteiger partial charge in [0.2, 0.25) is 5.69 Å². The number of hydrogen-bond acceptors (Lipinski definition) is 1. The van der Waals surface area contributed by atoms with Crippen molar-refractivity contribution < 1.29 is 0 Å². The number of halogens is 2. The van der Waals surface area contributed by atoms with E-state index in [1.54, 1.807) is 12.3 Å². The quantitative estimate of drug-likeness (QED) is 0.482. The molecule has 50 valence electrons. The molecule has 0 unspecified atom stereocenters. The normalized spacial score (nSPS) is 8.90. The van der Waals surface area contributed by atoms with Gasteiger partial charge in [-0.3, -0.25) is 4.98 Å². The summed E-state index contributed by atoms with van der Waals surface area (Å²) in [4.78, 5) is 6.91. The Kier molecular flexibility index (Phi) is 2.25. The molecular weight excluding hydrogens is 215 g/mol. The zero-order valence-electron chi connectivity index (χ0n) is 4.81. The molecule has 0 spiro atoms. The summed E-state index contributed by atoms with van der Waals surface area (Å²) in [6.45, 7) is 6.66. The zero-order valence-corrected chi connectivity index (χ0v) is 7.15. The standard InChI is InChI=1S/C6H2BrClN2/c1-9-5-2-4(7)3-10-6(5)8/h2-3H. The molecule has 1 rings (SSSR count). The highest BCUT2D eigenvalue weighted by Gasteiger charge is 1.99. The Labute approximate surface area is 71.8 Å². The van der Waals surface area contributed by atoms with Crippen LogP contribution in [0.3, 0.4) is 0 Å². The summed E-state index contributed by atoms with van der Waals surface area (Å²) in [5.74, 6) is 0. The number of hydrogen-bond donors (Lipinski definition) is 0. The Hall–Kier alpha value is -0.590. The van der Waals surface area contributed by atoms with E-state index in [0.29, 0.717) is 5.69 Å². The van der Waals surface area contributed by atoms with Crippen LogP contribution in [0.4, 0.5) is 5.69 Å². The lowest BCUT2D eigenvalue weighted by molar-refractivity contribution is 1.32. The first-order valence-corrected chi connectivity index (χ1v) is 3.59. The van der Waals surface area contributed by atoms with Crippen LogP contribution in [0.15, 0.2) is 16.7 Å². The van der Waals surface area contributed by atoms with Gasteiger partial charge in [0, 0.05) is 10.7 Å². The lowest BCUT2D eigenvalue weighted by atomic mass is 10.4. The van der Waals surface area contributed by atoms with E-state index < -0.39 is 0 Å². The molecule has 1 heterocycles. The minimum atomic E-state index is 0.248. The Morgan fingerprint density at radius 1 is 1.70 bits per heavy atom. The van der Waals surface area contributed by atoms with Crippen molar-refractivity contribution in [2.24, 2.45) is 0 Å². The van der Waals surface area contributed by atoms with E-state index in [0.717, 1.165) is 4.47 Å². The summed E-state index contributed by atoms with van der Waals surface area (Å²) in [5.41, 5.74) is 0.371. The van der Waals surface area contributed by atoms with Crippen LogP contribution in [0.2, 0.25) is 5.15 Å². The highest BCUT2D eigenvalue weighted by atomic mass is 79.9. The molecule has 0 saturated carbocycles. The molecule has 4 heteroatoms. The lowest BCUT2D eigenvalue weighted by Crippen LogP contribution is -1.73. The van der Waals surface area contributed by atoms with Crippen LogP contribution < -0.4 is 0 Å². The molecule has 0 amide bonds. The molecule has 0 saturated heterocycles. The minimum Gasteiger partial charge on any atom is -0.255 e. The second-order valence-corrected chi connectivity index (χ2v) is 2.85. The van der Waals surface area contributed by atoms with Crippen molar-refractivity contribution >= 4 is 33.2 Å². The van der Waals surface area contributed by atoms with E-state index in [9.17, 15) is 0 Å². The van der Waals surface area contributed by atoms with E-state index in [1.807, 2.05) is 0 Å². The third-order valence-electron chi connectivity index (χ3n) is 0.908. The predicted octanol–water partition coefficient (Wildman–Crippen LogP) is 3.05. The molecule has 0 aliphatic heterocycles. The predicted molar refractivity (Wildman–Crippen MR) is 43.2 cm³/mol. The third-order valence-corrected chi connectivity index (χ3v) is 1.63. The van der Waals surface area contributed by atoms with Gasteiger partial charge >= 0.3 is 0 Å². The maximum Gasteiger partial charge on any atom is 0.224 e. The Balaban J connectivity index is 3.25. The molecule has 0 atom stereocenters. The number of nitrogens with zero attached hydrogens (tertiary/aromatic N) is 2. The molecule has 1 aromatic rings. The second kappa shape index (κ2) is 3.00. The maximum atomic E-state index is 6.66. The highest BCUT2D eigenvalue weighted by molar-refractivity contribution is 9.10. The van der Waals surface area contributed by atoms with Gasteiger partial charge in [-0.15, -0.1) is 0 Å². The van der Waals surface area contributed by atoms with Crippen molar-refractivity contribution in [1.82, 2.24) is 4.98 Å². The molecule has 0 aliphatic rings. The monoisotopic (exact) mass is 216 g/mol. The van der Waals surface area contributed by atoms with Crippen molar-refractivity contribution in [1.29, 1.82) is 0 Å². The van der Waals surface area contributed by atoms with E-state index in [-0.39, 0.29) is 5.15 Å². The molecule has 1 aromatic heterocycles. The van der Waals surface area contributed by atoms with Gasteiger partial charge in [-0.05, 0) is 6.07 Å². The summed E-state index contributed by atoms with van der Waals surface area (Å²) in [5, 5.41) is 0.248. The van der Waals surface area contributed by atoms with E-state index >= 15 is 0 Å². The fourth-order valence-corrected chi connectivity index (χ4v) is 0.955. The van der Waals surface area contributed by atoms with Gasteiger partial charge in [-0.2, -0.15) is 0 Å². The first-order chi connectivity index (χ1) is 4.74. The van der Waals surface area contributed by atoms with Crippen LogP contribution in [0.5, 0.6) is 0 Å². The van der Waals surface area contributed by atoms with Crippen molar-refractivity contribution in [2.45, 2.75) is 0 Å². The molecule has 0 aliphatic carbocycles. The van der Waals surface area contributed by atoms with E-state index in [4.69, 9.17) is 18.2 Å². The van der Waals surface area contributed by atoms with Crippen LogP contribution in [0.1, 0.15) is 0 Å². The molecule has 2 nitrogen and oxygen atoms in total. The Morgan fingerprint density at radius 3 is 2.90 bits per heavy atom. The first-order valence-electron chi connectivity index (χ1n) is 2.42. The van der Waals surface area contributed by atoms with Gasteiger partial charge in [0.15, 0.2) is 0 Å². The number of rotatable bonds is 0. The van der Waals surface area contributed by atoms with Crippen LogP contribution in [0, 0.1) is 6.57 Å². The van der Waals surface area contributed by atoms with Gasteiger partial charge in [-0.25, -0.2) is 4.85 Å². The van der Waals surface area contributed by atoms with E-state index in [2.05, 4.69) is 25.8 Å². The average Bonchev–Trinajstić information content (AvgIpc) is 1.94. The van der Waals surface area contributed by atoms with Crippen LogP contribution >= 0.6 is 27.5 Å². The smallest absolute Gasteiger partial charge is 0.224 e. The molecule has 0 fully saturated rings. The summed E-state index contributed by atoms with van der Waals surface area (Å²) in [6.07, 6.45) is 1.55. The molecule has 0 aromatic carbocycles. The zero-order chi connectivity index (χ0) is 7.56. The van der Waals surface area contributed by atoms with Crippen molar-refractivity contribution in [3.05, 3.63) is 33.3 Å². The van der Waals surface area contributed by atoms with Gasteiger partial charge in [0.25, 0.3) is 0 Å². The largest absolute Gasteiger partial charge is 0.255 e. The molecule has 0 N–H and O–H groups in total. The van der Waals surface area contributed by atoms with Crippen molar-refractivity contribution in [3.63, 3.8) is 0 Å². The van der Waals surface area contributed by atoms with Crippen molar-refractivity contribution in [3.8, 4) is 0 Å². The average molecular weight is 217 g/mol. The van der Waals surface area contributed by atoms with E-state index in [1.165, 1.54) is 0 Å². The van der Waals surface area contributed by atoms with Crippen LogP contribution in [0.25, 0.3) is 4.85 Å². The molecule has 0 radical (unpaired) electrons. The van der Waals surface area contributed by atoms with Crippen LogP contribution in [-0.4, -0.2) is 4.98 Å². The fraction of sp³-hybridized carbons (Fsp3) is 0. The topological polar surface area (TPSA) is 17.2 Å². The number of pyridine rings is 1. The first kappa shape index (κ1) is 7.52. The van der Waals surface area contributed by atoms with Gasteiger partial charge < -0.3 is 0 Å². The van der Waals surface area contributed by atoms with Crippen LogP contribution in [-0.2, 0) is 0 Å².